The largest absolute Gasteiger partial charge is 0.394 e. The average Bonchev–Trinajstić information content (AvgIpc) is 2.55. The lowest BCUT2D eigenvalue weighted by Crippen LogP contribution is -2.15. The third-order valence-electron chi connectivity index (χ3n) is 2.30. The Morgan fingerprint density at radius 2 is 2.40 bits per heavy atom. The maximum absolute atomic E-state index is 8.96. The summed E-state index contributed by atoms with van der Waals surface area (Å²) < 4.78 is 1.67. The number of rotatable bonds is 2. The SMILES string of the molecule is Cc1ccn2nc(C(N)CO)c(Cl)c2c1. The first-order valence-corrected chi connectivity index (χ1v) is 5.02. The molecule has 3 N–H and O–H groups in total. The van der Waals surface area contributed by atoms with E-state index in [2.05, 4.69) is 5.10 Å². The van der Waals surface area contributed by atoms with Gasteiger partial charge in [0.2, 0.25) is 0 Å². The smallest absolute Gasteiger partial charge is 0.101 e. The van der Waals surface area contributed by atoms with E-state index in [1.807, 2.05) is 25.3 Å². The van der Waals surface area contributed by atoms with Gasteiger partial charge in [-0.25, -0.2) is 4.52 Å². The van der Waals surface area contributed by atoms with Crippen LogP contribution in [0, 0.1) is 6.92 Å². The molecule has 2 aromatic heterocycles. The molecule has 0 aliphatic carbocycles. The molecule has 0 bridgehead atoms. The molecule has 0 aromatic carbocycles. The zero-order valence-corrected chi connectivity index (χ0v) is 9.07. The van der Waals surface area contributed by atoms with Gasteiger partial charge in [0.15, 0.2) is 0 Å². The molecule has 1 unspecified atom stereocenters. The number of nitrogens with zero attached hydrogens (tertiary/aromatic N) is 2. The second-order valence-corrected chi connectivity index (χ2v) is 3.90. The molecule has 5 heteroatoms. The molecular formula is C10H12ClN3O. The summed E-state index contributed by atoms with van der Waals surface area (Å²) in [6, 6.07) is 3.34. The van der Waals surface area contributed by atoms with E-state index in [1.165, 1.54) is 0 Å². The summed E-state index contributed by atoms with van der Waals surface area (Å²) in [5, 5.41) is 13.7. The Labute approximate surface area is 92.3 Å². The Hall–Kier alpha value is -1.10. The van der Waals surface area contributed by atoms with Crippen LogP contribution in [0.4, 0.5) is 0 Å². The van der Waals surface area contributed by atoms with Gasteiger partial charge in [-0.15, -0.1) is 0 Å². The van der Waals surface area contributed by atoms with Gasteiger partial charge in [0.25, 0.3) is 0 Å². The lowest BCUT2D eigenvalue weighted by Gasteiger charge is -2.02. The van der Waals surface area contributed by atoms with Crippen LogP contribution in [-0.4, -0.2) is 21.3 Å². The first-order chi connectivity index (χ1) is 7.13. The van der Waals surface area contributed by atoms with Crippen LogP contribution in [0.15, 0.2) is 18.3 Å². The number of aliphatic hydroxyl groups excluding tert-OH is 1. The lowest BCUT2D eigenvalue weighted by molar-refractivity contribution is 0.265. The summed E-state index contributed by atoms with van der Waals surface area (Å²) >= 11 is 6.13. The van der Waals surface area contributed by atoms with Crippen LogP contribution in [0.1, 0.15) is 17.3 Å². The first-order valence-electron chi connectivity index (χ1n) is 4.64. The maximum Gasteiger partial charge on any atom is 0.101 e. The third kappa shape index (κ3) is 1.71. The van der Waals surface area contributed by atoms with E-state index < -0.39 is 6.04 Å². The third-order valence-corrected chi connectivity index (χ3v) is 2.69. The van der Waals surface area contributed by atoms with Crippen molar-refractivity contribution in [2.45, 2.75) is 13.0 Å². The van der Waals surface area contributed by atoms with Gasteiger partial charge in [0.05, 0.1) is 23.2 Å². The van der Waals surface area contributed by atoms with Crippen molar-refractivity contribution in [3.05, 3.63) is 34.6 Å². The van der Waals surface area contributed by atoms with Gasteiger partial charge < -0.3 is 10.8 Å². The van der Waals surface area contributed by atoms with Gasteiger partial charge in [0.1, 0.15) is 5.69 Å². The molecule has 0 saturated heterocycles. The topological polar surface area (TPSA) is 63.5 Å². The highest BCUT2D eigenvalue weighted by atomic mass is 35.5. The van der Waals surface area contributed by atoms with Gasteiger partial charge in [0, 0.05) is 6.20 Å². The van der Waals surface area contributed by atoms with Gasteiger partial charge in [-0.3, -0.25) is 0 Å². The zero-order chi connectivity index (χ0) is 11.0. The van der Waals surface area contributed by atoms with Gasteiger partial charge in [-0.05, 0) is 24.6 Å². The Morgan fingerprint density at radius 1 is 1.67 bits per heavy atom. The number of halogens is 1. The molecular weight excluding hydrogens is 214 g/mol. The second-order valence-electron chi connectivity index (χ2n) is 3.52. The molecule has 15 heavy (non-hydrogen) atoms. The summed E-state index contributed by atoms with van der Waals surface area (Å²) in [5.74, 6) is 0. The van der Waals surface area contributed by atoms with E-state index in [4.69, 9.17) is 22.4 Å². The predicted molar refractivity (Wildman–Crippen MR) is 59.0 cm³/mol. The highest BCUT2D eigenvalue weighted by molar-refractivity contribution is 6.34. The molecule has 0 amide bonds. The van der Waals surface area contributed by atoms with Crippen molar-refractivity contribution in [1.29, 1.82) is 0 Å². The quantitative estimate of drug-likeness (QED) is 0.810. The summed E-state index contributed by atoms with van der Waals surface area (Å²) in [6.07, 6.45) is 1.82. The molecule has 0 radical (unpaired) electrons. The van der Waals surface area contributed by atoms with Crippen molar-refractivity contribution in [1.82, 2.24) is 9.61 Å². The van der Waals surface area contributed by atoms with Crippen molar-refractivity contribution in [2.75, 3.05) is 6.61 Å². The van der Waals surface area contributed by atoms with Gasteiger partial charge in [-0.2, -0.15) is 5.10 Å². The van der Waals surface area contributed by atoms with E-state index in [9.17, 15) is 0 Å². The monoisotopic (exact) mass is 225 g/mol. The molecule has 2 aromatic rings. The van der Waals surface area contributed by atoms with Gasteiger partial charge in [-0.1, -0.05) is 11.6 Å². The van der Waals surface area contributed by atoms with Crippen LogP contribution >= 0.6 is 11.6 Å². The molecule has 0 aliphatic heterocycles. The number of aliphatic hydroxyl groups is 1. The second kappa shape index (κ2) is 3.81. The minimum atomic E-state index is -0.530. The van der Waals surface area contributed by atoms with Crippen LogP contribution in [0.2, 0.25) is 5.02 Å². The predicted octanol–water partition coefficient (Wildman–Crippen LogP) is 1.29. The number of hydrogen-bond acceptors (Lipinski definition) is 3. The van der Waals surface area contributed by atoms with Crippen LogP contribution < -0.4 is 5.73 Å². The van der Waals surface area contributed by atoms with Crippen molar-refractivity contribution < 1.29 is 5.11 Å². The molecule has 0 saturated carbocycles. The van der Waals surface area contributed by atoms with Crippen molar-refractivity contribution in [3.8, 4) is 0 Å². The maximum atomic E-state index is 8.96. The zero-order valence-electron chi connectivity index (χ0n) is 8.31. The van der Waals surface area contributed by atoms with Gasteiger partial charge >= 0.3 is 0 Å². The standard InChI is InChI=1S/C10H12ClN3O/c1-6-2-3-14-8(4-6)9(11)10(13-14)7(12)5-15/h2-4,7,15H,5,12H2,1H3. The summed E-state index contributed by atoms with van der Waals surface area (Å²) in [4.78, 5) is 0. The fraction of sp³-hybridized carbons (Fsp3) is 0.300. The van der Waals surface area contributed by atoms with Crippen molar-refractivity contribution in [3.63, 3.8) is 0 Å². The van der Waals surface area contributed by atoms with Crippen LogP contribution in [0.25, 0.3) is 5.52 Å². The summed E-state index contributed by atoms with van der Waals surface area (Å²) in [5.41, 5.74) is 8.14. The minimum absolute atomic E-state index is 0.164. The Morgan fingerprint density at radius 3 is 3.07 bits per heavy atom. The average molecular weight is 226 g/mol. The Kier molecular flexibility index (Phi) is 2.65. The van der Waals surface area contributed by atoms with Crippen molar-refractivity contribution >= 4 is 17.1 Å². The molecule has 2 heterocycles. The van der Waals surface area contributed by atoms with Crippen LogP contribution in [0.5, 0.6) is 0 Å². The molecule has 2 rings (SSSR count). The fourth-order valence-electron chi connectivity index (χ4n) is 1.46. The molecule has 0 spiro atoms. The number of fused-ring (bicyclic) bond motifs is 1. The Bertz CT molecular complexity index is 495. The molecule has 1 atom stereocenters. The number of hydrogen-bond donors (Lipinski definition) is 2. The van der Waals surface area contributed by atoms with Crippen molar-refractivity contribution in [2.24, 2.45) is 5.73 Å². The fourth-order valence-corrected chi connectivity index (χ4v) is 1.78. The number of aromatic nitrogens is 2. The number of pyridine rings is 1. The van der Waals surface area contributed by atoms with Crippen LogP contribution in [0.3, 0.4) is 0 Å². The number of aryl methyl sites for hydroxylation is 1. The summed E-state index contributed by atoms with van der Waals surface area (Å²) in [7, 11) is 0. The minimum Gasteiger partial charge on any atom is -0.394 e. The molecule has 0 fully saturated rings. The first kappa shape index (κ1) is 10.4. The van der Waals surface area contributed by atoms with E-state index in [0.29, 0.717) is 10.7 Å². The highest BCUT2D eigenvalue weighted by Crippen LogP contribution is 2.25. The van der Waals surface area contributed by atoms with E-state index in [0.717, 1.165) is 11.1 Å². The normalized spacial score (nSPS) is 13.3. The number of nitrogens with two attached hydrogens (primary N) is 1. The highest BCUT2D eigenvalue weighted by Gasteiger charge is 2.16. The van der Waals surface area contributed by atoms with Crippen LogP contribution in [-0.2, 0) is 0 Å². The van der Waals surface area contributed by atoms with E-state index >= 15 is 0 Å². The summed E-state index contributed by atoms with van der Waals surface area (Å²) in [6.45, 7) is 1.82. The molecule has 80 valence electrons. The van der Waals surface area contributed by atoms with E-state index in [1.54, 1.807) is 4.52 Å². The van der Waals surface area contributed by atoms with E-state index in [-0.39, 0.29) is 6.61 Å². The Balaban J connectivity index is 2.64. The lowest BCUT2D eigenvalue weighted by atomic mass is 10.2. The molecule has 4 nitrogen and oxygen atoms in total. The molecule has 0 aliphatic rings.